The number of rotatable bonds is 13. The van der Waals surface area contributed by atoms with E-state index in [0.29, 0.717) is 18.1 Å². The zero-order valence-corrected chi connectivity index (χ0v) is 37.2. The first kappa shape index (κ1) is 44.3. The fraction of sp³-hybridized carbons (Fsp3) is 0.475. The predicted octanol–water partition coefficient (Wildman–Crippen LogP) is 4.41. The molecule has 0 fully saturated rings. The largest absolute Gasteiger partial charge is 1.00 e. The number of benzene rings is 2. The summed E-state index contributed by atoms with van der Waals surface area (Å²) >= 11 is 7.17. The predicted molar refractivity (Wildman–Crippen MR) is 209 cm³/mol. The summed E-state index contributed by atoms with van der Waals surface area (Å²) in [6.45, 7) is 13.2. The Hall–Kier alpha value is -2.42. The molecular weight excluding hydrogens is 759 g/mol. The van der Waals surface area contributed by atoms with Gasteiger partial charge in [0.2, 0.25) is 5.69 Å². The molecule has 2 aromatic rings. The fourth-order valence-corrected chi connectivity index (χ4v) is 9.30. The van der Waals surface area contributed by atoms with E-state index in [1.54, 1.807) is 14.2 Å². The normalized spacial score (nSPS) is 19.5. The van der Waals surface area contributed by atoms with Crippen LogP contribution in [0, 0.1) is 13.8 Å². The molecule has 0 N–H and O–H groups in total. The van der Waals surface area contributed by atoms with Gasteiger partial charge in [0.1, 0.15) is 18.0 Å². The summed E-state index contributed by atoms with van der Waals surface area (Å²) in [7, 11) is -5.46. The van der Waals surface area contributed by atoms with Crippen LogP contribution in [0.1, 0.15) is 82.1 Å². The number of nitrogens with zero attached hydrogens (tertiary/aromatic N) is 2. The molecule has 5 rings (SSSR count). The average molecular weight is 809 g/mol. The topological polar surface area (TPSA) is 139 Å². The van der Waals surface area contributed by atoms with E-state index in [9.17, 15) is 25.9 Å². The van der Waals surface area contributed by atoms with Crippen LogP contribution in [-0.2, 0) is 31.1 Å². The third kappa shape index (κ3) is 9.40. The number of aryl methyl sites for hydroxylation is 2. The maximum absolute atomic E-state index is 11.5. The first-order valence-corrected chi connectivity index (χ1v) is 21.4. The molecule has 10 nitrogen and oxygen atoms in total. The van der Waals surface area contributed by atoms with E-state index in [0.717, 1.165) is 86.9 Å². The van der Waals surface area contributed by atoms with E-state index in [1.807, 2.05) is 38.1 Å². The second-order valence-corrected chi connectivity index (χ2v) is 18.5. The molecular formula is C40H50ClN2NaO8S2. The zero-order chi connectivity index (χ0) is 39.1. The number of hydrogen-bond acceptors (Lipinski definition) is 9. The average Bonchev–Trinajstić information content (AvgIpc) is 3.41. The van der Waals surface area contributed by atoms with Crippen LogP contribution in [0.3, 0.4) is 0 Å². The van der Waals surface area contributed by atoms with Crippen molar-refractivity contribution in [3.63, 3.8) is 0 Å². The Bertz CT molecular complexity index is 2190. The number of methoxy groups -OCH3 is 2. The van der Waals surface area contributed by atoms with Crippen LogP contribution in [-0.4, -0.2) is 75.0 Å². The molecule has 0 spiro atoms. The first-order valence-electron chi connectivity index (χ1n) is 17.9. The molecule has 0 amide bonds. The van der Waals surface area contributed by atoms with Crippen LogP contribution in [0.25, 0.3) is 0 Å². The fourth-order valence-electron chi connectivity index (χ4n) is 8.02. The van der Waals surface area contributed by atoms with Crippen molar-refractivity contribution in [1.29, 1.82) is 0 Å². The van der Waals surface area contributed by atoms with E-state index in [1.165, 1.54) is 0 Å². The minimum absolute atomic E-state index is 0. The molecule has 0 aromatic heterocycles. The van der Waals surface area contributed by atoms with Gasteiger partial charge in [0.05, 0.1) is 39.9 Å². The summed E-state index contributed by atoms with van der Waals surface area (Å²) in [5.74, 6) is 0.577. The Labute approximate surface area is 348 Å². The van der Waals surface area contributed by atoms with Crippen molar-refractivity contribution >= 4 is 48.9 Å². The Morgan fingerprint density at radius 1 is 0.833 bits per heavy atom. The van der Waals surface area contributed by atoms with Crippen molar-refractivity contribution in [3.05, 3.63) is 92.7 Å². The van der Waals surface area contributed by atoms with Crippen LogP contribution in [0.5, 0.6) is 11.5 Å². The van der Waals surface area contributed by atoms with Crippen LogP contribution >= 0.6 is 11.6 Å². The molecule has 2 aliphatic heterocycles. The van der Waals surface area contributed by atoms with Gasteiger partial charge in [0.25, 0.3) is 0 Å². The first-order chi connectivity index (χ1) is 24.7. The van der Waals surface area contributed by atoms with Gasteiger partial charge in [-0.1, -0.05) is 37.6 Å². The molecule has 0 saturated carbocycles. The summed E-state index contributed by atoms with van der Waals surface area (Å²) in [5, 5.41) is 0.662. The van der Waals surface area contributed by atoms with Crippen molar-refractivity contribution in [3.8, 4) is 11.5 Å². The van der Waals surface area contributed by atoms with Crippen molar-refractivity contribution in [1.82, 2.24) is 0 Å². The summed E-state index contributed by atoms with van der Waals surface area (Å²) < 4.78 is 82.3. The van der Waals surface area contributed by atoms with E-state index < -0.39 is 42.6 Å². The number of fused-ring (bicyclic) bond motifs is 2. The van der Waals surface area contributed by atoms with Crippen molar-refractivity contribution in [2.75, 3.05) is 43.7 Å². The Balaban J connectivity index is 0.00000650. The molecule has 1 aliphatic carbocycles. The number of allylic oxidation sites excluding steroid dienone is 8. The van der Waals surface area contributed by atoms with Crippen LogP contribution < -0.4 is 43.9 Å². The zero-order valence-electron chi connectivity index (χ0n) is 32.8. The van der Waals surface area contributed by atoms with Gasteiger partial charge < -0.3 is 23.5 Å². The molecule has 0 bridgehead atoms. The number of anilines is 1. The minimum atomic E-state index is -4.36. The maximum Gasteiger partial charge on any atom is 1.00 e. The van der Waals surface area contributed by atoms with Crippen LogP contribution in [0.4, 0.5) is 11.4 Å². The molecule has 54 heavy (non-hydrogen) atoms. The Morgan fingerprint density at radius 2 is 1.43 bits per heavy atom. The van der Waals surface area contributed by atoms with Crippen LogP contribution in [0.15, 0.2) is 70.4 Å². The molecule has 2 aromatic carbocycles. The molecule has 0 radical (unpaired) electrons. The SMILES string of the molecule is COc1cc(C)c2c(c1)C(C)(C)C(/C=C/C1=C(Cl)C(=C/C=C3\N(CCCS(=O)(=O)[O-])c4c(C)cc(OC)cc4C3(C)C)/CCC1)=[N+]2CCCS(=O)(=O)[O-].[Na+]. The van der Waals surface area contributed by atoms with E-state index in [-0.39, 0.29) is 42.4 Å². The monoisotopic (exact) mass is 808 g/mol. The molecule has 3 aliphatic rings. The number of ether oxygens (including phenoxy) is 2. The number of hydrogen-bond donors (Lipinski definition) is 0. The Kier molecular flexibility index (Phi) is 13.9. The second-order valence-electron chi connectivity index (χ2n) is 15.1. The van der Waals surface area contributed by atoms with Gasteiger partial charge in [-0.15, -0.1) is 0 Å². The smallest absolute Gasteiger partial charge is 0.748 e. The summed E-state index contributed by atoms with van der Waals surface area (Å²) in [5.41, 5.74) is 9.04. The van der Waals surface area contributed by atoms with Gasteiger partial charge in [0.15, 0.2) is 5.71 Å². The molecule has 14 heteroatoms. The second kappa shape index (κ2) is 17.0. The molecule has 0 unspecified atom stereocenters. The summed E-state index contributed by atoms with van der Waals surface area (Å²) in [6, 6.07) is 7.95. The van der Waals surface area contributed by atoms with Crippen molar-refractivity contribution in [2.45, 2.75) is 84.5 Å². The van der Waals surface area contributed by atoms with Gasteiger partial charge in [-0.25, -0.2) is 16.8 Å². The number of halogens is 1. The minimum Gasteiger partial charge on any atom is -0.748 e. The van der Waals surface area contributed by atoms with Crippen molar-refractivity contribution in [2.24, 2.45) is 0 Å². The summed E-state index contributed by atoms with van der Waals surface area (Å²) in [6.07, 6.45) is 11.0. The van der Waals surface area contributed by atoms with Gasteiger partial charge in [-0.3, -0.25) is 0 Å². The third-order valence-electron chi connectivity index (χ3n) is 10.7. The Morgan fingerprint density at radius 3 is 2.04 bits per heavy atom. The van der Waals surface area contributed by atoms with Gasteiger partial charge >= 0.3 is 29.6 Å². The summed E-state index contributed by atoms with van der Waals surface area (Å²) in [4.78, 5) is 2.12. The van der Waals surface area contributed by atoms with Gasteiger partial charge in [-0.2, -0.15) is 4.58 Å². The third-order valence-corrected chi connectivity index (χ3v) is 12.7. The van der Waals surface area contributed by atoms with E-state index >= 15 is 0 Å². The standard InChI is InChI=1S/C40H51ClN2O8S2.Na/c1-26-22-30(50-7)24-32-37(26)42(18-10-20-52(44,45)46)34(39(32,3)4)16-14-28-12-9-13-29(36(28)41)15-17-35-40(5,6)33-25-31(51-8)23-27(2)38(33)43(35)19-11-21-53(47,48)49;/h14-17,22-25H,9-13,18-21H2,1-8H3,(H-,44,45,46,47,48,49);/q;+1/p-1. The maximum atomic E-state index is 11.5. The quantitative estimate of drug-likeness (QED) is 0.164. The van der Waals surface area contributed by atoms with Gasteiger partial charge in [-0.05, 0) is 106 Å². The van der Waals surface area contributed by atoms with E-state index in [4.69, 9.17) is 21.1 Å². The molecule has 0 saturated heterocycles. The molecule has 0 atom stereocenters. The van der Waals surface area contributed by atoms with Crippen LogP contribution in [0.2, 0.25) is 0 Å². The molecule has 288 valence electrons. The van der Waals surface area contributed by atoms with Gasteiger partial charge in [0, 0.05) is 63.5 Å². The van der Waals surface area contributed by atoms with E-state index in [2.05, 4.69) is 61.5 Å². The van der Waals surface area contributed by atoms with Crippen molar-refractivity contribution < 1.29 is 69.5 Å². The molecule has 2 heterocycles.